The second-order valence-corrected chi connectivity index (χ2v) is 5.20. The van der Waals surface area contributed by atoms with Crippen LogP contribution in [0, 0.1) is 5.92 Å². The van der Waals surface area contributed by atoms with Gasteiger partial charge in [0.15, 0.2) is 5.82 Å². The zero-order chi connectivity index (χ0) is 11.8. The zero-order valence-corrected chi connectivity index (χ0v) is 9.80. The fourth-order valence-electron chi connectivity index (χ4n) is 2.38. The summed E-state index contributed by atoms with van der Waals surface area (Å²) in [5.41, 5.74) is 5.74. The lowest BCUT2D eigenvalue weighted by Gasteiger charge is -2.32. The number of anilines is 1. The van der Waals surface area contributed by atoms with Crippen LogP contribution in [-0.2, 0) is 0 Å². The van der Waals surface area contributed by atoms with E-state index in [1.807, 2.05) is 0 Å². The Labute approximate surface area is 100 Å². The van der Waals surface area contributed by atoms with Gasteiger partial charge in [0.25, 0.3) is 5.56 Å². The molecule has 0 spiro atoms. The number of aromatic nitrogens is 2. The lowest BCUT2D eigenvalue weighted by Crippen LogP contribution is -2.40. The van der Waals surface area contributed by atoms with Crippen LogP contribution < -0.4 is 16.6 Å². The summed E-state index contributed by atoms with van der Waals surface area (Å²) in [5, 5.41) is 3.16. The second kappa shape index (κ2) is 4.14. The Bertz CT molecular complexity index is 460. The van der Waals surface area contributed by atoms with E-state index < -0.39 is 0 Å². The maximum Gasteiger partial charge on any atom is 0.293 e. The molecule has 0 amide bonds. The molecule has 0 radical (unpaired) electrons. The van der Waals surface area contributed by atoms with Crippen LogP contribution in [-0.4, -0.2) is 22.1 Å². The smallest absolute Gasteiger partial charge is 0.293 e. The van der Waals surface area contributed by atoms with E-state index in [1.165, 1.54) is 0 Å². The molecule has 0 unspecified atom stereocenters. The third-order valence-corrected chi connectivity index (χ3v) is 3.64. The van der Waals surface area contributed by atoms with Crippen LogP contribution >= 0.6 is 0 Å². The summed E-state index contributed by atoms with van der Waals surface area (Å²) in [6, 6.07) is 0.761. The molecule has 92 valence electrons. The van der Waals surface area contributed by atoms with Gasteiger partial charge in [0, 0.05) is 31.0 Å². The molecule has 5 nitrogen and oxygen atoms in total. The van der Waals surface area contributed by atoms with Crippen molar-refractivity contribution in [3.63, 3.8) is 0 Å². The van der Waals surface area contributed by atoms with Crippen molar-refractivity contribution in [2.75, 3.05) is 11.9 Å². The summed E-state index contributed by atoms with van der Waals surface area (Å²) in [6.07, 6.45) is 7.81. The highest BCUT2D eigenvalue weighted by Gasteiger charge is 2.27. The number of nitrogens with one attached hydrogen (secondary N) is 1. The van der Waals surface area contributed by atoms with Gasteiger partial charge in [-0.3, -0.25) is 4.79 Å². The van der Waals surface area contributed by atoms with Crippen molar-refractivity contribution >= 4 is 5.82 Å². The summed E-state index contributed by atoms with van der Waals surface area (Å²) in [4.78, 5) is 16.2. The Morgan fingerprint density at radius 3 is 2.88 bits per heavy atom. The predicted octanol–water partition coefficient (Wildman–Crippen LogP) is 0.727. The lowest BCUT2D eigenvalue weighted by molar-refractivity contribution is 0.280. The second-order valence-electron chi connectivity index (χ2n) is 5.20. The number of hydrogen-bond acceptors (Lipinski definition) is 4. The van der Waals surface area contributed by atoms with Crippen LogP contribution in [0.15, 0.2) is 17.2 Å². The van der Waals surface area contributed by atoms with Crippen molar-refractivity contribution in [3.8, 4) is 0 Å². The summed E-state index contributed by atoms with van der Waals surface area (Å²) < 4.78 is 1.79. The SMILES string of the molecule is NC1CC(CNc2nccn(C3CC3)c2=O)C1. The third kappa shape index (κ3) is 2.20. The van der Waals surface area contributed by atoms with Gasteiger partial charge in [0.05, 0.1) is 0 Å². The fourth-order valence-corrected chi connectivity index (χ4v) is 2.38. The number of hydrogen-bond donors (Lipinski definition) is 2. The first-order valence-electron chi connectivity index (χ1n) is 6.30. The Morgan fingerprint density at radius 2 is 2.24 bits per heavy atom. The predicted molar refractivity (Wildman–Crippen MR) is 66.0 cm³/mol. The fraction of sp³-hybridized carbons (Fsp3) is 0.667. The average molecular weight is 234 g/mol. The average Bonchev–Trinajstić information content (AvgIpc) is 3.08. The van der Waals surface area contributed by atoms with Crippen molar-refractivity contribution in [3.05, 3.63) is 22.7 Å². The monoisotopic (exact) mass is 234 g/mol. The molecule has 2 fully saturated rings. The van der Waals surface area contributed by atoms with Crippen LogP contribution in [0.2, 0.25) is 0 Å². The Morgan fingerprint density at radius 1 is 1.47 bits per heavy atom. The minimum Gasteiger partial charge on any atom is -0.365 e. The minimum atomic E-state index is 0.0126. The van der Waals surface area contributed by atoms with Gasteiger partial charge in [-0.15, -0.1) is 0 Å². The van der Waals surface area contributed by atoms with Crippen LogP contribution in [0.4, 0.5) is 5.82 Å². The van der Waals surface area contributed by atoms with E-state index >= 15 is 0 Å². The van der Waals surface area contributed by atoms with Crippen LogP contribution in [0.3, 0.4) is 0 Å². The first-order valence-corrected chi connectivity index (χ1v) is 6.30. The van der Waals surface area contributed by atoms with E-state index in [-0.39, 0.29) is 5.56 Å². The molecule has 1 aromatic heterocycles. The van der Waals surface area contributed by atoms with Crippen LogP contribution in [0.1, 0.15) is 31.7 Å². The van der Waals surface area contributed by atoms with Gasteiger partial charge in [0.1, 0.15) is 0 Å². The quantitative estimate of drug-likeness (QED) is 0.805. The molecule has 0 bridgehead atoms. The van der Waals surface area contributed by atoms with E-state index in [0.717, 1.165) is 32.2 Å². The Balaban J connectivity index is 1.66. The molecule has 3 N–H and O–H groups in total. The normalized spacial score (nSPS) is 27.6. The molecular weight excluding hydrogens is 216 g/mol. The highest BCUT2D eigenvalue weighted by atomic mass is 16.1. The van der Waals surface area contributed by atoms with Crippen LogP contribution in [0.5, 0.6) is 0 Å². The van der Waals surface area contributed by atoms with Gasteiger partial charge in [-0.05, 0) is 31.6 Å². The number of nitrogens with two attached hydrogens (primary N) is 1. The molecule has 0 aromatic carbocycles. The summed E-state index contributed by atoms with van der Waals surface area (Å²) >= 11 is 0. The van der Waals surface area contributed by atoms with Crippen molar-refractivity contribution in [1.82, 2.24) is 9.55 Å². The van der Waals surface area contributed by atoms with Gasteiger partial charge >= 0.3 is 0 Å². The van der Waals surface area contributed by atoms with E-state index in [1.54, 1.807) is 17.0 Å². The van der Waals surface area contributed by atoms with E-state index in [2.05, 4.69) is 10.3 Å². The van der Waals surface area contributed by atoms with Gasteiger partial charge < -0.3 is 15.6 Å². The van der Waals surface area contributed by atoms with Gasteiger partial charge in [-0.25, -0.2) is 4.98 Å². The molecular formula is C12H18N4O. The molecule has 2 saturated carbocycles. The highest BCUT2D eigenvalue weighted by Crippen LogP contribution is 2.33. The zero-order valence-electron chi connectivity index (χ0n) is 9.80. The molecule has 2 aliphatic rings. The van der Waals surface area contributed by atoms with E-state index in [9.17, 15) is 4.79 Å². The van der Waals surface area contributed by atoms with Gasteiger partial charge in [0.2, 0.25) is 0 Å². The third-order valence-electron chi connectivity index (χ3n) is 3.64. The van der Waals surface area contributed by atoms with Gasteiger partial charge in [-0.2, -0.15) is 0 Å². The van der Waals surface area contributed by atoms with Crippen molar-refractivity contribution in [2.24, 2.45) is 11.7 Å². The van der Waals surface area contributed by atoms with Crippen molar-refractivity contribution in [1.29, 1.82) is 0 Å². The van der Waals surface area contributed by atoms with E-state index in [0.29, 0.717) is 23.8 Å². The van der Waals surface area contributed by atoms with Crippen molar-refractivity contribution in [2.45, 2.75) is 37.8 Å². The maximum atomic E-state index is 12.0. The molecule has 0 atom stereocenters. The molecule has 1 heterocycles. The molecule has 17 heavy (non-hydrogen) atoms. The highest BCUT2D eigenvalue weighted by molar-refractivity contribution is 5.31. The maximum absolute atomic E-state index is 12.0. The summed E-state index contributed by atoms with van der Waals surface area (Å²) in [6.45, 7) is 0.810. The van der Waals surface area contributed by atoms with E-state index in [4.69, 9.17) is 5.73 Å². The Kier molecular flexibility index (Phi) is 2.63. The summed E-state index contributed by atoms with van der Waals surface area (Å²) in [7, 11) is 0. The topological polar surface area (TPSA) is 72.9 Å². The van der Waals surface area contributed by atoms with Crippen molar-refractivity contribution < 1.29 is 0 Å². The molecule has 0 aliphatic heterocycles. The first kappa shape index (κ1) is 10.8. The minimum absolute atomic E-state index is 0.0126. The molecule has 2 aliphatic carbocycles. The molecule has 1 aromatic rings. The summed E-state index contributed by atoms with van der Waals surface area (Å²) in [5.74, 6) is 1.08. The standard InChI is InChI=1S/C12H18N4O/c13-9-5-8(6-9)7-15-11-12(17)16(4-3-14-11)10-1-2-10/h3-4,8-10H,1-2,5-7,13H2,(H,14,15). The number of rotatable bonds is 4. The number of nitrogens with zero attached hydrogens (tertiary/aromatic N) is 2. The largest absolute Gasteiger partial charge is 0.365 e. The Hall–Kier alpha value is -1.36. The van der Waals surface area contributed by atoms with Crippen LogP contribution in [0.25, 0.3) is 0 Å². The molecule has 0 saturated heterocycles. The first-order chi connectivity index (χ1) is 8.24. The van der Waals surface area contributed by atoms with Gasteiger partial charge in [-0.1, -0.05) is 0 Å². The lowest BCUT2D eigenvalue weighted by atomic mass is 9.81. The molecule has 5 heteroatoms. The molecule has 3 rings (SSSR count).